The molecule has 2 unspecified atom stereocenters. The second-order valence-electron chi connectivity index (χ2n) is 11.2. The van der Waals surface area contributed by atoms with E-state index >= 15 is 9.13 Å². The second-order valence-corrected chi connectivity index (χ2v) is 21.3. The van der Waals surface area contributed by atoms with Gasteiger partial charge in [0.25, 0.3) is 0 Å². The van der Waals surface area contributed by atoms with E-state index in [1.54, 1.807) is 45.3 Å². The quantitative estimate of drug-likeness (QED) is 0.162. The summed E-state index contributed by atoms with van der Waals surface area (Å²) in [7, 11) is -6.46. The lowest BCUT2D eigenvalue weighted by Gasteiger charge is -2.21. The van der Waals surface area contributed by atoms with E-state index in [1.165, 1.54) is 20.2 Å². The molecule has 0 saturated carbocycles. The normalized spacial score (nSPS) is 14.6. The van der Waals surface area contributed by atoms with Crippen LogP contribution in [0.3, 0.4) is 0 Å². The second kappa shape index (κ2) is 11.0. The minimum atomic E-state index is -3.23. The van der Waals surface area contributed by atoms with Gasteiger partial charge in [-0.15, -0.1) is 45.3 Å². The van der Waals surface area contributed by atoms with E-state index in [-0.39, 0.29) is 0 Å². The van der Waals surface area contributed by atoms with Crippen molar-refractivity contribution in [3.8, 4) is 0 Å². The third-order valence-electron chi connectivity index (χ3n) is 8.68. The number of fused-ring (bicyclic) bond motifs is 6. The average Bonchev–Trinajstić information content (AvgIpc) is 3.93. The van der Waals surface area contributed by atoms with Crippen LogP contribution in [0.15, 0.2) is 144 Å². The molecule has 0 aliphatic carbocycles. The van der Waals surface area contributed by atoms with Gasteiger partial charge in [0.05, 0.1) is 9.24 Å². The van der Waals surface area contributed by atoms with Crippen LogP contribution in [0, 0.1) is 0 Å². The molecule has 0 fully saturated rings. The van der Waals surface area contributed by atoms with Gasteiger partial charge in [-0.05, 0) is 59.3 Å². The highest BCUT2D eigenvalue weighted by Crippen LogP contribution is 2.49. The van der Waals surface area contributed by atoms with Crippen molar-refractivity contribution in [2.24, 2.45) is 0 Å². The minimum Gasteiger partial charge on any atom is -0.308 e. The van der Waals surface area contributed by atoms with Gasteiger partial charge in [0.1, 0.15) is 0 Å². The zero-order valence-corrected chi connectivity index (χ0v) is 29.3. The summed E-state index contributed by atoms with van der Waals surface area (Å²) in [4.78, 5) is 0. The average molecular weight is 703 g/mol. The van der Waals surface area contributed by atoms with Crippen LogP contribution in [0.2, 0.25) is 0 Å². The number of thiophene rings is 4. The number of hydrogen-bond donors (Lipinski definition) is 0. The van der Waals surface area contributed by atoms with Crippen LogP contribution in [-0.2, 0) is 9.13 Å². The maximum absolute atomic E-state index is 15.5. The zero-order chi connectivity index (χ0) is 30.9. The van der Waals surface area contributed by atoms with Crippen LogP contribution < -0.4 is 30.5 Å². The Kier molecular flexibility index (Phi) is 6.84. The molecule has 0 aliphatic heterocycles. The van der Waals surface area contributed by atoms with E-state index in [0.717, 1.165) is 50.6 Å². The van der Waals surface area contributed by atoms with Gasteiger partial charge < -0.3 is 9.13 Å². The molecule has 0 amide bonds. The molecule has 0 saturated heterocycles. The van der Waals surface area contributed by atoms with Crippen LogP contribution in [0.5, 0.6) is 0 Å². The molecular formula is C38H24O2P2S4. The fourth-order valence-electron chi connectivity index (χ4n) is 6.37. The SMILES string of the molecule is O=P(c1ccccc1)(c1ccc(P(=O)(c2ccccc2)c2cc3c(ccc4sccc43)s2)cc1)c1cc2c(ccc3sccc32)s1. The zero-order valence-electron chi connectivity index (χ0n) is 24.2. The summed E-state index contributed by atoms with van der Waals surface area (Å²) in [5.74, 6) is 0. The third kappa shape index (κ3) is 4.33. The maximum Gasteiger partial charge on any atom is 0.180 e. The van der Waals surface area contributed by atoms with Gasteiger partial charge in [0, 0.05) is 61.6 Å². The lowest BCUT2D eigenvalue weighted by Crippen LogP contribution is -2.27. The first-order valence-electron chi connectivity index (χ1n) is 14.8. The molecule has 2 nitrogen and oxygen atoms in total. The smallest absolute Gasteiger partial charge is 0.180 e. The first-order valence-corrected chi connectivity index (χ1v) is 21.6. The fraction of sp³-hybridized carbons (Fsp3) is 0. The minimum absolute atomic E-state index is 0.742. The van der Waals surface area contributed by atoms with E-state index in [4.69, 9.17) is 0 Å². The molecular weight excluding hydrogens is 679 g/mol. The summed E-state index contributed by atoms with van der Waals surface area (Å²) in [5.41, 5.74) is 0. The Labute approximate surface area is 282 Å². The Balaban J connectivity index is 1.23. The van der Waals surface area contributed by atoms with Crippen molar-refractivity contribution >= 4 is 130 Å². The van der Waals surface area contributed by atoms with Gasteiger partial charge in [-0.2, -0.15) is 0 Å². The summed E-state index contributed by atoms with van der Waals surface area (Å²) in [6, 6.07) is 44.6. The third-order valence-corrected chi connectivity index (χ3v) is 19.9. The van der Waals surface area contributed by atoms with E-state index in [2.05, 4.69) is 59.3 Å². The monoisotopic (exact) mass is 702 g/mol. The Morgan fingerprint density at radius 3 is 1.15 bits per heavy atom. The van der Waals surface area contributed by atoms with Crippen molar-refractivity contribution in [3.63, 3.8) is 0 Å². The van der Waals surface area contributed by atoms with E-state index in [1.807, 2.05) is 84.9 Å². The predicted molar refractivity (Wildman–Crippen MR) is 207 cm³/mol. The molecule has 0 aliphatic rings. The fourth-order valence-corrected chi connectivity index (χ4v) is 17.0. The molecule has 9 aromatic rings. The highest BCUT2D eigenvalue weighted by molar-refractivity contribution is 7.90. The molecule has 0 radical (unpaired) electrons. The molecule has 4 aromatic heterocycles. The van der Waals surface area contributed by atoms with Gasteiger partial charge in [0.2, 0.25) is 0 Å². The molecule has 0 bridgehead atoms. The number of rotatable bonds is 6. The Morgan fingerprint density at radius 2 is 0.739 bits per heavy atom. The highest BCUT2D eigenvalue weighted by Gasteiger charge is 2.35. The summed E-state index contributed by atoms with van der Waals surface area (Å²) < 4.78 is 37.5. The molecule has 9 rings (SSSR count). The first-order chi connectivity index (χ1) is 22.5. The topological polar surface area (TPSA) is 34.1 Å². The van der Waals surface area contributed by atoms with Crippen LogP contribution in [0.1, 0.15) is 0 Å². The number of hydrogen-bond acceptors (Lipinski definition) is 6. The molecule has 0 N–H and O–H groups in total. The van der Waals surface area contributed by atoms with Crippen molar-refractivity contribution < 1.29 is 9.13 Å². The van der Waals surface area contributed by atoms with E-state index < -0.39 is 14.3 Å². The lowest BCUT2D eigenvalue weighted by atomic mass is 10.2. The van der Waals surface area contributed by atoms with Crippen molar-refractivity contribution in [3.05, 3.63) is 144 Å². The summed E-state index contributed by atoms with van der Waals surface area (Å²) in [6.45, 7) is 0. The summed E-state index contributed by atoms with van der Waals surface area (Å²) in [6.07, 6.45) is 0. The molecule has 4 heterocycles. The van der Waals surface area contributed by atoms with Crippen LogP contribution >= 0.6 is 59.6 Å². The number of benzene rings is 5. The largest absolute Gasteiger partial charge is 0.308 e. The lowest BCUT2D eigenvalue weighted by molar-refractivity contribution is 0.591. The Hall–Kier alpha value is -3.60. The van der Waals surface area contributed by atoms with Crippen molar-refractivity contribution in [1.82, 2.24) is 0 Å². The van der Waals surface area contributed by atoms with Gasteiger partial charge in [-0.1, -0.05) is 84.9 Å². The van der Waals surface area contributed by atoms with Gasteiger partial charge in [-0.3, -0.25) is 0 Å². The van der Waals surface area contributed by atoms with Gasteiger partial charge in [-0.25, -0.2) is 0 Å². The molecule has 46 heavy (non-hydrogen) atoms. The molecule has 0 spiro atoms. The molecule has 8 heteroatoms. The Morgan fingerprint density at radius 1 is 0.370 bits per heavy atom. The van der Waals surface area contributed by atoms with Crippen molar-refractivity contribution in [2.75, 3.05) is 0 Å². The summed E-state index contributed by atoms with van der Waals surface area (Å²) in [5, 5.41) is 12.0. The first kappa shape index (κ1) is 28.6. The maximum atomic E-state index is 15.5. The molecule has 222 valence electrons. The Bertz CT molecular complexity index is 2460. The van der Waals surface area contributed by atoms with Gasteiger partial charge in [0.15, 0.2) is 14.3 Å². The summed E-state index contributed by atoms with van der Waals surface area (Å²) >= 11 is 6.67. The highest BCUT2D eigenvalue weighted by atomic mass is 32.1. The van der Waals surface area contributed by atoms with Gasteiger partial charge >= 0.3 is 0 Å². The van der Waals surface area contributed by atoms with Crippen LogP contribution in [-0.4, -0.2) is 0 Å². The van der Waals surface area contributed by atoms with E-state index in [9.17, 15) is 0 Å². The van der Waals surface area contributed by atoms with Crippen molar-refractivity contribution in [2.45, 2.75) is 0 Å². The van der Waals surface area contributed by atoms with Crippen LogP contribution in [0.25, 0.3) is 40.3 Å². The molecule has 5 aromatic carbocycles. The van der Waals surface area contributed by atoms with Crippen LogP contribution in [0.4, 0.5) is 0 Å². The molecule has 2 atom stereocenters. The van der Waals surface area contributed by atoms with Crippen molar-refractivity contribution in [1.29, 1.82) is 0 Å². The predicted octanol–water partition coefficient (Wildman–Crippen LogP) is 9.82. The standard InChI is InChI=1S/C38H24O2P2S4/c39-41(25-7-3-1-4-8-25,37-23-31-29-19-21-43-33(29)15-17-35(31)45-37)27-11-13-28(14-12-27)42(40,26-9-5-2-6-10-26)38-24-32-30-20-22-44-34(30)16-18-36(32)46-38/h1-24H. The van der Waals surface area contributed by atoms with E-state index in [0.29, 0.717) is 0 Å².